The molecule has 1 aromatic heterocycles. The Bertz CT molecular complexity index is 1200. The lowest BCUT2D eigenvalue weighted by Gasteiger charge is -2.37. The highest BCUT2D eigenvalue weighted by atomic mass is 32.2. The van der Waals surface area contributed by atoms with Crippen molar-refractivity contribution in [3.63, 3.8) is 0 Å². The van der Waals surface area contributed by atoms with Crippen LogP contribution >= 0.6 is 0 Å². The van der Waals surface area contributed by atoms with Gasteiger partial charge in [0.05, 0.1) is 22.0 Å². The van der Waals surface area contributed by atoms with Gasteiger partial charge in [0.1, 0.15) is 5.82 Å². The number of imidazole rings is 1. The van der Waals surface area contributed by atoms with Crippen LogP contribution in [-0.2, 0) is 10.0 Å². The first-order valence-corrected chi connectivity index (χ1v) is 11.7. The lowest BCUT2D eigenvalue weighted by Crippen LogP contribution is -2.49. The number of nitrogens with zero attached hydrogens (tertiary/aromatic N) is 4. The molecule has 0 spiro atoms. The largest absolute Gasteiger partial charge is 0.320 e. The topological polar surface area (TPSA) is 58.4 Å². The minimum Gasteiger partial charge on any atom is -0.291 e. The maximum absolute atomic E-state index is 13.8. The Kier molecular flexibility index (Phi) is 5.85. The number of rotatable bonds is 5. The standard InChI is InChI=1S/C22H26F2N4O2S/c1-15-8-9-18(14-16(15)2)31(29,30)27-12-10-26(11-13-27)17(3)21-25-19-6-4-5-7-20(19)28(21)22(23)24/h4-9,14,17,22H,10-13H2,1-3H3. The van der Waals surface area contributed by atoms with Gasteiger partial charge in [-0.05, 0) is 56.2 Å². The molecule has 166 valence electrons. The lowest BCUT2D eigenvalue weighted by molar-refractivity contribution is 0.0616. The van der Waals surface area contributed by atoms with E-state index in [1.807, 2.05) is 31.7 Å². The summed E-state index contributed by atoms with van der Waals surface area (Å²) >= 11 is 0. The number of aryl methyl sites for hydroxylation is 2. The summed E-state index contributed by atoms with van der Waals surface area (Å²) in [5.74, 6) is 0.293. The second-order valence-corrected chi connectivity index (χ2v) is 9.91. The fraction of sp³-hybridized carbons (Fsp3) is 0.409. The van der Waals surface area contributed by atoms with Crippen molar-refractivity contribution in [3.8, 4) is 0 Å². The fourth-order valence-electron chi connectivity index (χ4n) is 4.08. The summed E-state index contributed by atoms with van der Waals surface area (Å²) in [6, 6.07) is 11.6. The molecule has 1 aliphatic rings. The van der Waals surface area contributed by atoms with E-state index in [0.29, 0.717) is 43.0 Å². The Morgan fingerprint density at radius 3 is 2.29 bits per heavy atom. The minimum absolute atomic E-state index is 0.289. The first-order valence-electron chi connectivity index (χ1n) is 10.3. The van der Waals surface area contributed by atoms with E-state index in [1.165, 1.54) is 4.31 Å². The molecule has 0 aliphatic carbocycles. The number of para-hydroxylation sites is 2. The Hall–Kier alpha value is -2.36. The number of sulfonamides is 1. The van der Waals surface area contributed by atoms with Crippen LogP contribution in [0.3, 0.4) is 0 Å². The van der Waals surface area contributed by atoms with Gasteiger partial charge in [-0.3, -0.25) is 9.47 Å². The van der Waals surface area contributed by atoms with E-state index in [1.54, 1.807) is 36.4 Å². The second-order valence-electron chi connectivity index (χ2n) is 7.97. The third-order valence-corrected chi connectivity index (χ3v) is 8.02. The van der Waals surface area contributed by atoms with Crippen LogP contribution in [0.1, 0.15) is 36.5 Å². The summed E-state index contributed by atoms with van der Waals surface area (Å²) in [5.41, 5.74) is 2.90. The van der Waals surface area contributed by atoms with Gasteiger partial charge in [0.2, 0.25) is 10.0 Å². The Morgan fingerprint density at radius 2 is 1.65 bits per heavy atom. The van der Waals surface area contributed by atoms with E-state index in [-0.39, 0.29) is 10.9 Å². The Morgan fingerprint density at radius 1 is 0.968 bits per heavy atom. The third-order valence-electron chi connectivity index (χ3n) is 6.13. The van der Waals surface area contributed by atoms with Gasteiger partial charge in [0.25, 0.3) is 0 Å². The van der Waals surface area contributed by atoms with E-state index >= 15 is 0 Å². The molecule has 4 rings (SSSR count). The molecule has 31 heavy (non-hydrogen) atoms. The molecule has 0 amide bonds. The molecule has 9 heteroatoms. The maximum atomic E-state index is 13.8. The number of hydrogen-bond acceptors (Lipinski definition) is 4. The SMILES string of the molecule is Cc1ccc(S(=O)(=O)N2CCN(C(C)c3nc4ccccc4n3C(F)F)CC2)cc1C. The summed E-state index contributed by atoms with van der Waals surface area (Å²) in [6.45, 7) is 4.46. The molecule has 0 N–H and O–H groups in total. The summed E-state index contributed by atoms with van der Waals surface area (Å²) in [4.78, 5) is 6.75. The molecular weight excluding hydrogens is 422 g/mol. The van der Waals surface area contributed by atoms with Gasteiger partial charge < -0.3 is 0 Å². The summed E-state index contributed by atoms with van der Waals surface area (Å²) in [6.07, 6.45) is 0. The van der Waals surface area contributed by atoms with Crippen LogP contribution in [-0.4, -0.2) is 53.4 Å². The van der Waals surface area contributed by atoms with Gasteiger partial charge in [-0.15, -0.1) is 0 Å². The van der Waals surface area contributed by atoms with Gasteiger partial charge in [-0.25, -0.2) is 13.4 Å². The van der Waals surface area contributed by atoms with Gasteiger partial charge in [-0.2, -0.15) is 13.1 Å². The molecule has 1 atom stereocenters. The molecule has 1 unspecified atom stereocenters. The summed E-state index contributed by atoms with van der Waals surface area (Å²) < 4.78 is 56.1. The zero-order chi connectivity index (χ0) is 22.3. The molecule has 0 saturated carbocycles. The minimum atomic E-state index is -3.59. The first-order chi connectivity index (χ1) is 14.7. The van der Waals surface area contributed by atoms with Gasteiger partial charge in [0.15, 0.2) is 0 Å². The van der Waals surface area contributed by atoms with E-state index in [4.69, 9.17) is 0 Å². The van der Waals surface area contributed by atoms with Crippen LogP contribution in [0.15, 0.2) is 47.4 Å². The van der Waals surface area contributed by atoms with Crippen LogP contribution in [0, 0.1) is 13.8 Å². The number of aromatic nitrogens is 2. The number of benzene rings is 2. The highest BCUT2D eigenvalue weighted by molar-refractivity contribution is 7.89. The Labute approximate surface area is 181 Å². The van der Waals surface area contributed by atoms with E-state index in [2.05, 4.69) is 4.98 Å². The molecule has 1 aliphatic heterocycles. The van der Waals surface area contributed by atoms with Crippen LogP contribution in [0.4, 0.5) is 8.78 Å². The zero-order valence-corrected chi connectivity index (χ0v) is 18.6. The second kappa shape index (κ2) is 8.29. The Balaban J connectivity index is 1.53. The van der Waals surface area contributed by atoms with Crippen LogP contribution in [0.2, 0.25) is 0 Å². The van der Waals surface area contributed by atoms with Crippen molar-refractivity contribution < 1.29 is 17.2 Å². The van der Waals surface area contributed by atoms with E-state index in [0.717, 1.165) is 15.7 Å². The van der Waals surface area contributed by atoms with Crippen LogP contribution in [0.5, 0.6) is 0 Å². The molecule has 1 saturated heterocycles. The number of fused-ring (bicyclic) bond motifs is 1. The number of hydrogen-bond donors (Lipinski definition) is 0. The highest BCUT2D eigenvalue weighted by Crippen LogP contribution is 2.30. The molecule has 2 heterocycles. The van der Waals surface area contributed by atoms with Crippen molar-refractivity contribution in [3.05, 3.63) is 59.4 Å². The predicted molar refractivity (Wildman–Crippen MR) is 116 cm³/mol. The van der Waals surface area contributed by atoms with Crippen molar-refractivity contribution >= 4 is 21.1 Å². The van der Waals surface area contributed by atoms with Crippen LogP contribution < -0.4 is 0 Å². The normalized spacial score (nSPS) is 17.5. The quantitative estimate of drug-likeness (QED) is 0.589. The highest BCUT2D eigenvalue weighted by Gasteiger charge is 2.32. The van der Waals surface area contributed by atoms with Crippen molar-refractivity contribution in [1.82, 2.24) is 18.8 Å². The molecule has 0 bridgehead atoms. The molecule has 1 fully saturated rings. The summed E-state index contributed by atoms with van der Waals surface area (Å²) in [5, 5.41) is 0. The van der Waals surface area contributed by atoms with Crippen molar-refractivity contribution in [2.24, 2.45) is 0 Å². The molecule has 6 nitrogen and oxygen atoms in total. The average molecular weight is 449 g/mol. The molecule has 3 aromatic rings. The van der Waals surface area contributed by atoms with Crippen LogP contribution in [0.25, 0.3) is 11.0 Å². The van der Waals surface area contributed by atoms with Gasteiger partial charge >= 0.3 is 6.55 Å². The molecule has 2 aromatic carbocycles. The lowest BCUT2D eigenvalue weighted by atomic mass is 10.1. The number of piperazine rings is 1. The van der Waals surface area contributed by atoms with Crippen molar-refractivity contribution in [1.29, 1.82) is 0 Å². The van der Waals surface area contributed by atoms with Crippen molar-refractivity contribution in [2.45, 2.75) is 38.3 Å². The molecular formula is C22H26F2N4O2S. The average Bonchev–Trinajstić information content (AvgIpc) is 3.15. The molecule has 0 radical (unpaired) electrons. The van der Waals surface area contributed by atoms with Crippen molar-refractivity contribution in [2.75, 3.05) is 26.2 Å². The maximum Gasteiger partial charge on any atom is 0.320 e. The third kappa shape index (κ3) is 3.97. The van der Waals surface area contributed by atoms with E-state index in [9.17, 15) is 17.2 Å². The number of alkyl halides is 2. The fourth-order valence-corrected chi connectivity index (χ4v) is 5.59. The van der Waals surface area contributed by atoms with Gasteiger partial charge in [-0.1, -0.05) is 18.2 Å². The number of halogens is 2. The summed E-state index contributed by atoms with van der Waals surface area (Å²) in [7, 11) is -3.59. The monoisotopic (exact) mass is 448 g/mol. The van der Waals surface area contributed by atoms with E-state index < -0.39 is 16.6 Å². The van der Waals surface area contributed by atoms with Gasteiger partial charge in [0, 0.05) is 26.2 Å². The zero-order valence-electron chi connectivity index (χ0n) is 17.8. The smallest absolute Gasteiger partial charge is 0.291 e. The first kappa shape index (κ1) is 21.9. The predicted octanol–water partition coefficient (Wildman–Crippen LogP) is 4.12.